The van der Waals surface area contributed by atoms with Crippen LogP contribution in [0, 0.1) is 35.0 Å². The van der Waals surface area contributed by atoms with Crippen molar-refractivity contribution in [2.45, 2.75) is 13.0 Å². The second-order valence-corrected chi connectivity index (χ2v) is 7.86. The first-order valence-electron chi connectivity index (χ1n) is 9.96. The standard InChI is InChI=1S/C24H19N3O3/c25-12-18-3-1-2-4-19(18)14-30-20-9-5-15(6-10-20)13-26-27-23(28)21-16-7-8-17(11-16)22(21)24(27)29/h1-10,13,16-17,21-22H,11,14H2/b26-13+. The van der Waals surface area contributed by atoms with E-state index < -0.39 is 0 Å². The fraction of sp³-hybridized carbons (Fsp3) is 0.250. The normalized spacial score (nSPS) is 26.4. The van der Waals surface area contributed by atoms with Crippen LogP contribution in [0.15, 0.2) is 65.8 Å². The second-order valence-electron chi connectivity index (χ2n) is 7.86. The molecule has 0 N–H and O–H groups in total. The van der Waals surface area contributed by atoms with E-state index in [4.69, 9.17) is 10.00 Å². The number of nitriles is 1. The Balaban J connectivity index is 1.23. The zero-order valence-corrected chi connectivity index (χ0v) is 16.1. The highest BCUT2D eigenvalue weighted by atomic mass is 16.5. The van der Waals surface area contributed by atoms with Gasteiger partial charge in [-0.15, -0.1) is 0 Å². The van der Waals surface area contributed by atoms with Gasteiger partial charge in [-0.1, -0.05) is 30.4 Å². The number of ether oxygens (including phenoxy) is 1. The average Bonchev–Trinajstić information content (AvgIpc) is 3.46. The van der Waals surface area contributed by atoms with E-state index >= 15 is 0 Å². The molecule has 1 saturated heterocycles. The van der Waals surface area contributed by atoms with Crippen molar-refractivity contribution in [3.05, 3.63) is 77.4 Å². The Hall–Kier alpha value is -3.72. The van der Waals surface area contributed by atoms with Crippen LogP contribution in [0.2, 0.25) is 0 Å². The van der Waals surface area contributed by atoms with Gasteiger partial charge in [0.2, 0.25) is 0 Å². The van der Waals surface area contributed by atoms with Crippen molar-refractivity contribution in [1.82, 2.24) is 5.01 Å². The molecular formula is C24H19N3O3. The Labute approximate surface area is 174 Å². The van der Waals surface area contributed by atoms with Crippen LogP contribution in [0.5, 0.6) is 5.75 Å². The van der Waals surface area contributed by atoms with Gasteiger partial charge in [-0.3, -0.25) is 9.59 Å². The second kappa shape index (κ2) is 7.27. The van der Waals surface area contributed by atoms with Crippen molar-refractivity contribution in [2.75, 3.05) is 0 Å². The smallest absolute Gasteiger partial charge is 0.254 e. The lowest BCUT2D eigenvalue weighted by molar-refractivity contribution is -0.140. The average molecular weight is 397 g/mol. The number of imide groups is 1. The number of amides is 2. The molecule has 2 aromatic rings. The summed E-state index contributed by atoms with van der Waals surface area (Å²) in [6.45, 7) is 0.299. The summed E-state index contributed by atoms with van der Waals surface area (Å²) < 4.78 is 5.76. The molecule has 5 rings (SSSR count). The van der Waals surface area contributed by atoms with Gasteiger partial charge >= 0.3 is 0 Å². The van der Waals surface area contributed by atoms with Crippen molar-refractivity contribution in [2.24, 2.45) is 28.8 Å². The maximum atomic E-state index is 12.6. The van der Waals surface area contributed by atoms with Gasteiger partial charge in [-0.2, -0.15) is 15.4 Å². The quantitative estimate of drug-likeness (QED) is 0.440. The van der Waals surface area contributed by atoms with Crippen LogP contribution in [0.1, 0.15) is 23.1 Å². The van der Waals surface area contributed by atoms with Crippen molar-refractivity contribution in [3.8, 4) is 11.8 Å². The maximum absolute atomic E-state index is 12.6. The molecule has 6 heteroatoms. The number of benzene rings is 2. The molecule has 1 heterocycles. The lowest BCUT2D eigenvalue weighted by Crippen LogP contribution is -2.28. The molecule has 2 bridgehead atoms. The summed E-state index contributed by atoms with van der Waals surface area (Å²) in [5, 5.41) is 14.4. The van der Waals surface area contributed by atoms with Gasteiger partial charge in [-0.25, -0.2) is 0 Å². The molecule has 2 amide bonds. The number of hydrazone groups is 1. The third-order valence-corrected chi connectivity index (χ3v) is 6.18. The van der Waals surface area contributed by atoms with E-state index in [-0.39, 0.29) is 35.5 Å². The van der Waals surface area contributed by atoms with Crippen LogP contribution in [0.4, 0.5) is 0 Å². The van der Waals surface area contributed by atoms with E-state index in [0.29, 0.717) is 17.9 Å². The summed E-state index contributed by atoms with van der Waals surface area (Å²) >= 11 is 0. The number of nitrogens with zero attached hydrogens (tertiary/aromatic N) is 3. The number of allylic oxidation sites excluding steroid dienone is 2. The Morgan fingerprint density at radius 2 is 1.70 bits per heavy atom. The number of rotatable bonds is 5. The molecule has 4 unspecified atom stereocenters. The van der Waals surface area contributed by atoms with Crippen LogP contribution in [0.3, 0.4) is 0 Å². The highest BCUT2D eigenvalue weighted by Gasteiger charge is 2.59. The summed E-state index contributed by atoms with van der Waals surface area (Å²) in [5.74, 6) is 0.167. The Morgan fingerprint density at radius 1 is 1.03 bits per heavy atom. The van der Waals surface area contributed by atoms with Crippen molar-refractivity contribution < 1.29 is 14.3 Å². The third-order valence-electron chi connectivity index (χ3n) is 6.18. The molecule has 0 aromatic heterocycles. The molecule has 4 atom stereocenters. The van der Waals surface area contributed by atoms with E-state index in [1.165, 1.54) is 6.21 Å². The largest absolute Gasteiger partial charge is 0.489 e. The fourth-order valence-electron chi connectivity index (χ4n) is 4.69. The number of carbonyl (C=O) groups is 2. The monoisotopic (exact) mass is 397 g/mol. The van der Waals surface area contributed by atoms with Gasteiger partial charge in [0.15, 0.2) is 0 Å². The molecule has 6 nitrogen and oxygen atoms in total. The van der Waals surface area contributed by atoms with Crippen LogP contribution >= 0.6 is 0 Å². The van der Waals surface area contributed by atoms with Gasteiger partial charge in [0, 0.05) is 5.56 Å². The maximum Gasteiger partial charge on any atom is 0.254 e. The van der Waals surface area contributed by atoms with Gasteiger partial charge in [0.1, 0.15) is 12.4 Å². The number of fused-ring (bicyclic) bond motifs is 5. The van der Waals surface area contributed by atoms with Crippen LogP contribution in [0.25, 0.3) is 0 Å². The first-order chi connectivity index (χ1) is 14.7. The van der Waals surface area contributed by atoms with E-state index in [1.807, 2.05) is 30.3 Å². The molecule has 1 saturated carbocycles. The minimum atomic E-state index is -0.239. The summed E-state index contributed by atoms with van der Waals surface area (Å²) in [6.07, 6.45) is 6.57. The predicted octanol–water partition coefficient (Wildman–Crippen LogP) is 3.28. The van der Waals surface area contributed by atoms with Gasteiger partial charge in [0.05, 0.1) is 29.7 Å². The van der Waals surface area contributed by atoms with E-state index in [2.05, 4.69) is 23.3 Å². The molecule has 3 aliphatic rings. The highest BCUT2D eigenvalue weighted by molar-refractivity contribution is 6.06. The van der Waals surface area contributed by atoms with Gasteiger partial charge in [0.25, 0.3) is 11.8 Å². The molecule has 0 radical (unpaired) electrons. The number of hydrogen-bond acceptors (Lipinski definition) is 5. The topological polar surface area (TPSA) is 82.8 Å². The fourth-order valence-corrected chi connectivity index (χ4v) is 4.69. The van der Waals surface area contributed by atoms with E-state index in [9.17, 15) is 9.59 Å². The summed E-state index contributed by atoms with van der Waals surface area (Å²) in [7, 11) is 0. The lowest BCUT2D eigenvalue weighted by atomic mass is 9.85. The molecule has 2 fully saturated rings. The van der Waals surface area contributed by atoms with Gasteiger partial charge in [-0.05, 0) is 54.2 Å². The van der Waals surface area contributed by atoms with Crippen molar-refractivity contribution >= 4 is 18.0 Å². The number of hydrogen-bond donors (Lipinski definition) is 0. The first-order valence-corrected chi connectivity index (χ1v) is 9.96. The Kier molecular flexibility index (Phi) is 4.44. The third kappa shape index (κ3) is 3.00. The minimum Gasteiger partial charge on any atom is -0.489 e. The highest BCUT2D eigenvalue weighted by Crippen LogP contribution is 2.52. The molecule has 0 spiro atoms. The van der Waals surface area contributed by atoms with Gasteiger partial charge < -0.3 is 4.74 Å². The van der Waals surface area contributed by atoms with E-state index in [0.717, 1.165) is 22.6 Å². The SMILES string of the molecule is N#Cc1ccccc1COc1ccc(/C=N/N2C(=O)C3C4C=CC(C4)C3C2=O)cc1. The molecule has 2 aromatic carbocycles. The molecule has 1 aliphatic heterocycles. The molecule has 148 valence electrons. The zero-order valence-electron chi connectivity index (χ0n) is 16.1. The predicted molar refractivity (Wildman–Crippen MR) is 109 cm³/mol. The minimum absolute atomic E-state index is 0.180. The van der Waals surface area contributed by atoms with Crippen molar-refractivity contribution in [1.29, 1.82) is 5.26 Å². The molecule has 2 aliphatic carbocycles. The molecular weight excluding hydrogens is 378 g/mol. The Morgan fingerprint density at radius 3 is 2.37 bits per heavy atom. The van der Waals surface area contributed by atoms with Crippen LogP contribution in [-0.2, 0) is 16.2 Å². The summed E-state index contributed by atoms with van der Waals surface area (Å²) in [5.41, 5.74) is 2.18. The Bertz CT molecular complexity index is 1080. The summed E-state index contributed by atoms with van der Waals surface area (Å²) in [6, 6.07) is 16.7. The molecule has 30 heavy (non-hydrogen) atoms. The van der Waals surface area contributed by atoms with E-state index in [1.54, 1.807) is 18.2 Å². The van der Waals surface area contributed by atoms with Crippen LogP contribution < -0.4 is 4.74 Å². The summed E-state index contributed by atoms with van der Waals surface area (Å²) in [4.78, 5) is 25.3. The van der Waals surface area contributed by atoms with Crippen LogP contribution in [-0.4, -0.2) is 23.0 Å². The lowest BCUT2D eigenvalue weighted by Gasteiger charge is -2.13. The first kappa shape index (κ1) is 18.3. The van der Waals surface area contributed by atoms with Crippen molar-refractivity contribution in [3.63, 3.8) is 0 Å². The zero-order chi connectivity index (χ0) is 20.7. The number of carbonyl (C=O) groups excluding carboxylic acids is 2.